The van der Waals surface area contributed by atoms with E-state index in [0.29, 0.717) is 11.9 Å². The molecule has 5 nitrogen and oxygen atoms in total. The lowest BCUT2D eigenvalue weighted by atomic mass is 10.0. The van der Waals surface area contributed by atoms with Crippen LogP contribution in [0.2, 0.25) is 0 Å². The lowest BCUT2D eigenvalue weighted by Crippen LogP contribution is -2.46. The standard InChI is InChI=1S/C20H21N5/c1-12-8-10-25(12)20-23-17-4-2-3-16(17)18(24-20)14-5-6-15-13(11-14)7-9-22-19(15)21/h5-7,9,11-12H,2-4,8,10H2,1H3,(H2,21,22)/t12-/m0/s1. The van der Waals surface area contributed by atoms with Crippen LogP contribution in [0.4, 0.5) is 11.8 Å². The zero-order valence-corrected chi connectivity index (χ0v) is 14.4. The molecule has 3 heterocycles. The summed E-state index contributed by atoms with van der Waals surface area (Å²) in [5.74, 6) is 1.47. The van der Waals surface area contributed by atoms with Crippen LogP contribution >= 0.6 is 0 Å². The number of fused-ring (bicyclic) bond motifs is 2. The van der Waals surface area contributed by atoms with Crippen molar-refractivity contribution < 1.29 is 0 Å². The smallest absolute Gasteiger partial charge is 0.226 e. The fraction of sp³-hybridized carbons (Fsp3) is 0.350. The Balaban J connectivity index is 1.68. The zero-order chi connectivity index (χ0) is 17.0. The predicted molar refractivity (Wildman–Crippen MR) is 101 cm³/mol. The third kappa shape index (κ3) is 2.26. The highest BCUT2D eigenvalue weighted by molar-refractivity contribution is 5.93. The molecule has 5 heteroatoms. The van der Waals surface area contributed by atoms with Crippen molar-refractivity contribution in [2.45, 2.75) is 38.6 Å². The fourth-order valence-electron chi connectivity index (χ4n) is 3.95. The Morgan fingerprint density at radius 2 is 2.08 bits per heavy atom. The van der Waals surface area contributed by atoms with Crippen LogP contribution in [0.5, 0.6) is 0 Å². The molecule has 0 bridgehead atoms. The van der Waals surface area contributed by atoms with E-state index in [1.807, 2.05) is 6.07 Å². The van der Waals surface area contributed by atoms with Gasteiger partial charge in [0.1, 0.15) is 5.82 Å². The van der Waals surface area contributed by atoms with Crippen molar-refractivity contribution in [3.8, 4) is 11.3 Å². The van der Waals surface area contributed by atoms with E-state index in [1.54, 1.807) is 6.20 Å². The molecular weight excluding hydrogens is 310 g/mol. The van der Waals surface area contributed by atoms with E-state index in [-0.39, 0.29) is 0 Å². The van der Waals surface area contributed by atoms with Crippen molar-refractivity contribution in [2.75, 3.05) is 17.2 Å². The summed E-state index contributed by atoms with van der Waals surface area (Å²) < 4.78 is 0. The zero-order valence-electron chi connectivity index (χ0n) is 14.4. The Kier molecular flexibility index (Phi) is 3.17. The molecule has 2 aliphatic rings. The van der Waals surface area contributed by atoms with E-state index in [4.69, 9.17) is 15.7 Å². The molecule has 25 heavy (non-hydrogen) atoms. The first-order valence-electron chi connectivity index (χ1n) is 9.02. The molecule has 126 valence electrons. The Morgan fingerprint density at radius 3 is 2.88 bits per heavy atom. The van der Waals surface area contributed by atoms with Crippen molar-refractivity contribution in [1.82, 2.24) is 15.0 Å². The van der Waals surface area contributed by atoms with E-state index >= 15 is 0 Å². The van der Waals surface area contributed by atoms with Gasteiger partial charge in [0.15, 0.2) is 0 Å². The summed E-state index contributed by atoms with van der Waals surface area (Å²) in [6.07, 6.45) is 6.28. The highest BCUT2D eigenvalue weighted by Crippen LogP contribution is 2.35. The van der Waals surface area contributed by atoms with Crippen LogP contribution in [-0.4, -0.2) is 27.5 Å². The minimum absolute atomic E-state index is 0.537. The molecule has 1 atom stereocenters. The van der Waals surface area contributed by atoms with Crippen molar-refractivity contribution in [3.63, 3.8) is 0 Å². The number of hydrogen-bond donors (Lipinski definition) is 1. The first kappa shape index (κ1) is 14.6. The van der Waals surface area contributed by atoms with Gasteiger partial charge in [0.2, 0.25) is 5.95 Å². The molecule has 0 saturated carbocycles. The fourth-order valence-corrected chi connectivity index (χ4v) is 3.95. The van der Waals surface area contributed by atoms with Gasteiger partial charge in [-0.3, -0.25) is 0 Å². The maximum atomic E-state index is 6.00. The van der Waals surface area contributed by atoms with Gasteiger partial charge in [0.05, 0.1) is 5.69 Å². The number of nitrogens with two attached hydrogens (primary N) is 1. The quantitative estimate of drug-likeness (QED) is 0.780. The van der Waals surface area contributed by atoms with Crippen LogP contribution in [0.25, 0.3) is 22.0 Å². The topological polar surface area (TPSA) is 67.9 Å². The maximum Gasteiger partial charge on any atom is 0.226 e. The van der Waals surface area contributed by atoms with Crippen molar-refractivity contribution in [1.29, 1.82) is 0 Å². The largest absolute Gasteiger partial charge is 0.383 e. The second kappa shape index (κ2) is 5.41. The molecule has 0 radical (unpaired) electrons. The molecule has 1 aromatic carbocycles. The molecule has 0 spiro atoms. The summed E-state index contributed by atoms with van der Waals surface area (Å²) in [6.45, 7) is 3.30. The van der Waals surface area contributed by atoms with E-state index in [9.17, 15) is 0 Å². The van der Waals surface area contributed by atoms with Gasteiger partial charge in [-0.15, -0.1) is 0 Å². The molecule has 1 fully saturated rings. The minimum atomic E-state index is 0.537. The SMILES string of the molecule is C[C@H]1CCN1c1nc2c(c(-c3ccc4c(N)nccc4c3)n1)CCC2. The predicted octanol–water partition coefficient (Wildman–Crippen LogP) is 3.36. The number of rotatable bonds is 2. The van der Waals surface area contributed by atoms with Crippen LogP contribution < -0.4 is 10.6 Å². The summed E-state index contributed by atoms with van der Waals surface area (Å²) in [5.41, 5.74) is 10.8. The molecule has 1 aliphatic carbocycles. The highest BCUT2D eigenvalue weighted by atomic mass is 15.3. The summed E-state index contributed by atoms with van der Waals surface area (Å²) in [6, 6.07) is 8.90. The molecule has 0 amide bonds. The van der Waals surface area contributed by atoms with Crippen molar-refractivity contribution in [2.24, 2.45) is 0 Å². The summed E-state index contributed by atoms with van der Waals surface area (Å²) in [7, 11) is 0. The summed E-state index contributed by atoms with van der Waals surface area (Å²) in [5, 5.41) is 2.10. The normalized spacial score (nSPS) is 19.1. The monoisotopic (exact) mass is 331 g/mol. The maximum absolute atomic E-state index is 6.00. The number of aromatic nitrogens is 3. The van der Waals surface area contributed by atoms with Gasteiger partial charge in [0, 0.05) is 41.0 Å². The Morgan fingerprint density at radius 1 is 1.16 bits per heavy atom. The number of nitrogens with zero attached hydrogens (tertiary/aromatic N) is 4. The third-order valence-electron chi connectivity index (χ3n) is 5.57. The number of nitrogen functional groups attached to an aromatic ring is 1. The van der Waals surface area contributed by atoms with Crippen molar-refractivity contribution >= 4 is 22.5 Å². The first-order chi connectivity index (χ1) is 12.2. The molecule has 5 rings (SSSR count). The van der Waals surface area contributed by atoms with Gasteiger partial charge in [-0.05, 0) is 50.1 Å². The van der Waals surface area contributed by atoms with Crippen LogP contribution in [0, 0.1) is 0 Å². The van der Waals surface area contributed by atoms with Gasteiger partial charge in [-0.2, -0.15) is 0 Å². The van der Waals surface area contributed by atoms with E-state index in [2.05, 4.69) is 35.0 Å². The summed E-state index contributed by atoms with van der Waals surface area (Å²) in [4.78, 5) is 16.3. The lowest BCUT2D eigenvalue weighted by molar-refractivity contribution is 0.470. The third-order valence-corrected chi connectivity index (χ3v) is 5.57. The number of pyridine rings is 1. The highest BCUT2D eigenvalue weighted by Gasteiger charge is 2.29. The number of hydrogen-bond acceptors (Lipinski definition) is 5. The van der Waals surface area contributed by atoms with Crippen LogP contribution in [-0.2, 0) is 12.8 Å². The van der Waals surface area contributed by atoms with Gasteiger partial charge in [-0.25, -0.2) is 15.0 Å². The molecule has 2 aromatic heterocycles. The Bertz CT molecular complexity index is 981. The number of anilines is 2. The van der Waals surface area contributed by atoms with E-state index < -0.39 is 0 Å². The lowest BCUT2D eigenvalue weighted by Gasteiger charge is -2.39. The van der Waals surface area contributed by atoms with Crippen LogP contribution in [0.15, 0.2) is 30.5 Å². The average Bonchev–Trinajstić information content (AvgIpc) is 3.08. The van der Waals surface area contributed by atoms with E-state index in [1.165, 1.54) is 24.1 Å². The Labute approximate surface area is 146 Å². The van der Waals surface area contributed by atoms with Gasteiger partial charge in [-0.1, -0.05) is 12.1 Å². The van der Waals surface area contributed by atoms with Gasteiger partial charge in [0.25, 0.3) is 0 Å². The van der Waals surface area contributed by atoms with Crippen molar-refractivity contribution in [3.05, 3.63) is 41.7 Å². The van der Waals surface area contributed by atoms with Crippen LogP contribution in [0.1, 0.15) is 31.0 Å². The Hall–Kier alpha value is -2.69. The second-order valence-electron chi connectivity index (χ2n) is 7.11. The molecule has 1 aliphatic heterocycles. The van der Waals surface area contributed by atoms with Gasteiger partial charge < -0.3 is 10.6 Å². The van der Waals surface area contributed by atoms with E-state index in [0.717, 1.165) is 47.4 Å². The second-order valence-corrected chi connectivity index (χ2v) is 7.11. The molecular formula is C20H21N5. The first-order valence-corrected chi connectivity index (χ1v) is 9.02. The minimum Gasteiger partial charge on any atom is -0.383 e. The van der Waals surface area contributed by atoms with Crippen LogP contribution in [0.3, 0.4) is 0 Å². The number of benzene rings is 1. The molecule has 1 saturated heterocycles. The number of aryl methyl sites for hydroxylation is 1. The average molecular weight is 331 g/mol. The molecule has 2 N–H and O–H groups in total. The molecule has 3 aromatic rings. The summed E-state index contributed by atoms with van der Waals surface area (Å²) >= 11 is 0. The molecule has 0 unspecified atom stereocenters. The van der Waals surface area contributed by atoms with Gasteiger partial charge >= 0.3 is 0 Å².